The van der Waals surface area contributed by atoms with Gasteiger partial charge in [-0.15, -0.1) is 0 Å². The Morgan fingerprint density at radius 1 is 1.12 bits per heavy atom. The molecular weight excluding hydrogens is 432 g/mol. The lowest BCUT2D eigenvalue weighted by Gasteiger charge is -2.37. The second-order valence-electron chi connectivity index (χ2n) is 10.0. The SMILES string of the molecule is CC(C)(C)C1[C@H](Cn2c(-c3ccc(-c4ccc5occc5c4)cc3)n[nH]c2=O)CCN1C(=O)O. The number of H-pyrrole nitrogens is 1. The van der Waals surface area contributed by atoms with Crippen molar-refractivity contribution in [3.63, 3.8) is 0 Å². The van der Waals surface area contributed by atoms with Crippen molar-refractivity contribution in [2.45, 2.75) is 39.8 Å². The van der Waals surface area contributed by atoms with Crippen molar-refractivity contribution in [2.24, 2.45) is 11.3 Å². The zero-order valence-electron chi connectivity index (χ0n) is 19.5. The summed E-state index contributed by atoms with van der Waals surface area (Å²) in [6, 6.07) is 15.8. The van der Waals surface area contributed by atoms with Crippen LogP contribution < -0.4 is 5.69 Å². The molecule has 1 saturated heterocycles. The van der Waals surface area contributed by atoms with Crippen LogP contribution in [0.5, 0.6) is 0 Å². The lowest BCUT2D eigenvalue weighted by Crippen LogP contribution is -2.46. The summed E-state index contributed by atoms with van der Waals surface area (Å²) in [6.45, 7) is 7.02. The van der Waals surface area contributed by atoms with Crippen LogP contribution in [0.15, 0.2) is 64.0 Å². The third-order valence-electron chi connectivity index (χ3n) is 6.76. The molecule has 0 bridgehead atoms. The molecule has 3 heterocycles. The van der Waals surface area contributed by atoms with Crippen LogP contribution in [0.3, 0.4) is 0 Å². The summed E-state index contributed by atoms with van der Waals surface area (Å²) in [6.07, 6.45) is 1.48. The van der Waals surface area contributed by atoms with Crippen molar-refractivity contribution in [3.05, 3.63) is 65.3 Å². The number of aromatic amines is 1. The number of nitrogens with one attached hydrogen (secondary N) is 1. The van der Waals surface area contributed by atoms with Gasteiger partial charge in [0.2, 0.25) is 0 Å². The van der Waals surface area contributed by atoms with Gasteiger partial charge >= 0.3 is 11.8 Å². The highest BCUT2D eigenvalue weighted by Gasteiger charge is 2.44. The van der Waals surface area contributed by atoms with E-state index >= 15 is 0 Å². The normalized spacial score (nSPS) is 18.6. The molecule has 0 spiro atoms. The van der Waals surface area contributed by atoms with Crippen LogP contribution >= 0.6 is 0 Å². The van der Waals surface area contributed by atoms with Crippen molar-refractivity contribution in [1.82, 2.24) is 19.7 Å². The Kier molecular flexibility index (Phi) is 5.31. The minimum atomic E-state index is -0.911. The lowest BCUT2D eigenvalue weighted by atomic mass is 9.79. The maximum atomic E-state index is 12.7. The molecule has 1 fully saturated rings. The Balaban J connectivity index is 1.43. The molecule has 2 aromatic carbocycles. The van der Waals surface area contributed by atoms with Gasteiger partial charge < -0.3 is 14.4 Å². The highest BCUT2D eigenvalue weighted by molar-refractivity contribution is 5.83. The quantitative estimate of drug-likeness (QED) is 0.443. The number of amides is 1. The highest BCUT2D eigenvalue weighted by atomic mass is 16.4. The molecule has 2 atom stereocenters. The maximum absolute atomic E-state index is 12.7. The fourth-order valence-corrected chi connectivity index (χ4v) is 5.34. The van der Waals surface area contributed by atoms with E-state index in [-0.39, 0.29) is 23.1 Å². The van der Waals surface area contributed by atoms with Crippen LogP contribution in [0.1, 0.15) is 27.2 Å². The predicted molar refractivity (Wildman–Crippen MR) is 130 cm³/mol. The van der Waals surface area contributed by atoms with E-state index in [4.69, 9.17) is 4.42 Å². The van der Waals surface area contributed by atoms with Gasteiger partial charge in [0.1, 0.15) is 5.58 Å². The van der Waals surface area contributed by atoms with Crippen LogP contribution in [0, 0.1) is 11.3 Å². The van der Waals surface area contributed by atoms with E-state index in [0.717, 1.165) is 27.7 Å². The lowest BCUT2D eigenvalue weighted by molar-refractivity contribution is 0.0875. The van der Waals surface area contributed by atoms with Crippen molar-refractivity contribution in [3.8, 4) is 22.5 Å². The van der Waals surface area contributed by atoms with Crippen LogP contribution in [-0.2, 0) is 6.54 Å². The van der Waals surface area contributed by atoms with Gasteiger partial charge in [-0.3, -0.25) is 4.57 Å². The Labute approximate surface area is 196 Å². The number of carbonyl (C=O) groups is 1. The molecule has 8 heteroatoms. The molecule has 2 N–H and O–H groups in total. The molecule has 176 valence electrons. The number of fused-ring (bicyclic) bond motifs is 1. The maximum Gasteiger partial charge on any atom is 0.407 e. The molecule has 0 saturated carbocycles. The summed E-state index contributed by atoms with van der Waals surface area (Å²) in [5.41, 5.74) is 3.27. The number of hydrogen-bond donors (Lipinski definition) is 2. The zero-order chi connectivity index (χ0) is 24.0. The molecule has 1 unspecified atom stereocenters. The standard InChI is InChI=1S/C26H28N4O4/c1-26(2,3)22-20(10-12-29(22)25(32)33)15-30-23(27-28-24(30)31)17-6-4-16(5-7-17)18-8-9-21-19(14-18)11-13-34-21/h4-9,11,13-14,20,22H,10,12,15H2,1-3H3,(H,28,31)(H,32,33)/t20-,22?/m0/s1. The Hall–Kier alpha value is -3.81. The fourth-order valence-electron chi connectivity index (χ4n) is 5.34. The molecule has 4 aromatic rings. The number of carboxylic acid groups (broad SMARTS) is 1. The third-order valence-corrected chi connectivity index (χ3v) is 6.76. The van der Waals surface area contributed by atoms with Crippen molar-refractivity contribution in [2.75, 3.05) is 6.54 Å². The fraction of sp³-hybridized carbons (Fsp3) is 0.346. The number of nitrogens with zero attached hydrogens (tertiary/aromatic N) is 3. The Morgan fingerprint density at radius 3 is 2.53 bits per heavy atom. The molecule has 1 aliphatic rings. The molecule has 1 aliphatic heterocycles. The van der Waals surface area contributed by atoms with Gasteiger partial charge in [0, 0.05) is 30.1 Å². The zero-order valence-corrected chi connectivity index (χ0v) is 19.5. The van der Waals surface area contributed by atoms with E-state index in [1.807, 2.05) is 63.2 Å². The van der Waals surface area contributed by atoms with E-state index < -0.39 is 6.09 Å². The number of hydrogen-bond acceptors (Lipinski definition) is 4. The minimum absolute atomic E-state index is 0.0195. The second kappa shape index (κ2) is 8.20. The van der Waals surface area contributed by atoms with E-state index in [1.54, 1.807) is 10.8 Å². The smallest absolute Gasteiger partial charge is 0.407 e. The summed E-state index contributed by atoms with van der Waals surface area (Å²) < 4.78 is 7.06. The summed E-state index contributed by atoms with van der Waals surface area (Å²) in [4.78, 5) is 26.0. The van der Waals surface area contributed by atoms with Gasteiger partial charge in [-0.25, -0.2) is 14.7 Å². The van der Waals surface area contributed by atoms with Crippen LogP contribution in [-0.4, -0.2) is 43.5 Å². The van der Waals surface area contributed by atoms with Gasteiger partial charge in [0.25, 0.3) is 0 Å². The first-order valence-electron chi connectivity index (χ1n) is 11.5. The van der Waals surface area contributed by atoms with Gasteiger partial charge in [-0.1, -0.05) is 51.1 Å². The van der Waals surface area contributed by atoms with Gasteiger partial charge in [0.05, 0.1) is 6.26 Å². The van der Waals surface area contributed by atoms with Crippen LogP contribution in [0.25, 0.3) is 33.5 Å². The number of likely N-dealkylation sites (tertiary alicyclic amines) is 1. The van der Waals surface area contributed by atoms with E-state index in [1.165, 1.54) is 4.90 Å². The summed E-state index contributed by atoms with van der Waals surface area (Å²) in [7, 11) is 0. The second-order valence-corrected chi connectivity index (χ2v) is 10.0. The van der Waals surface area contributed by atoms with Gasteiger partial charge in [0.15, 0.2) is 5.82 Å². The van der Waals surface area contributed by atoms with Crippen molar-refractivity contribution < 1.29 is 14.3 Å². The summed E-state index contributed by atoms with van der Waals surface area (Å²) in [5, 5.41) is 17.6. The number of rotatable bonds is 4. The summed E-state index contributed by atoms with van der Waals surface area (Å²) in [5.74, 6) is 0.578. The summed E-state index contributed by atoms with van der Waals surface area (Å²) >= 11 is 0. The third kappa shape index (κ3) is 3.89. The van der Waals surface area contributed by atoms with Crippen molar-refractivity contribution in [1.29, 1.82) is 0 Å². The average Bonchev–Trinajstić information content (AvgIpc) is 3.52. The average molecular weight is 461 g/mol. The van der Waals surface area contributed by atoms with Gasteiger partial charge in [-0.05, 0) is 47.1 Å². The van der Waals surface area contributed by atoms with E-state index in [0.29, 0.717) is 25.3 Å². The largest absolute Gasteiger partial charge is 0.465 e. The Bertz CT molecular complexity index is 1390. The first kappa shape index (κ1) is 22.0. The molecule has 8 nitrogen and oxygen atoms in total. The van der Waals surface area contributed by atoms with Crippen LogP contribution in [0.4, 0.5) is 4.79 Å². The monoisotopic (exact) mass is 460 g/mol. The molecule has 2 aromatic heterocycles. The Morgan fingerprint density at radius 2 is 1.82 bits per heavy atom. The topological polar surface area (TPSA) is 104 Å². The minimum Gasteiger partial charge on any atom is -0.465 e. The molecule has 34 heavy (non-hydrogen) atoms. The molecular formula is C26H28N4O4. The van der Waals surface area contributed by atoms with E-state index in [9.17, 15) is 14.7 Å². The first-order valence-corrected chi connectivity index (χ1v) is 11.5. The van der Waals surface area contributed by atoms with Crippen molar-refractivity contribution >= 4 is 17.1 Å². The number of benzene rings is 2. The molecule has 1 amide bonds. The first-order chi connectivity index (χ1) is 16.2. The van der Waals surface area contributed by atoms with Crippen LogP contribution in [0.2, 0.25) is 0 Å². The highest BCUT2D eigenvalue weighted by Crippen LogP contribution is 2.38. The van der Waals surface area contributed by atoms with Gasteiger partial charge in [-0.2, -0.15) is 5.10 Å². The molecule has 0 radical (unpaired) electrons. The number of furan rings is 1. The van der Waals surface area contributed by atoms with E-state index in [2.05, 4.69) is 16.3 Å². The molecule has 5 rings (SSSR count). The molecule has 0 aliphatic carbocycles. The number of aromatic nitrogens is 3. The predicted octanol–water partition coefficient (Wildman–Crippen LogP) is 5.07.